The van der Waals surface area contributed by atoms with Crippen LogP contribution in [-0.2, 0) is 15.0 Å². The molecule has 0 radical (unpaired) electrons. The van der Waals surface area contributed by atoms with Crippen LogP contribution in [-0.4, -0.2) is 29.9 Å². The van der Waals surface area contributed by atoms with Crippen LogP contribution in [0.3, 0.4) is 0 Å². The molecule has 1 aromatic carbocycles. The molecule has 0 saturated heterocycles. The number of rotatable bonds is 3. The maximum Gasteiger partial charge on any atom is 0.435 e. The summed E-state index contributed by atoms with van der Waals surface area (Å²) in [5.74, 6) is 0.278. The average Bonchev–Trinajstić information content (AvgIpc) is 2.91. The number of carbonyl (C=O) groups is 1. The molecule has 0 atom stereocenters. The van der Waals surface area contributed by atoms with Gasteiger partial charge in [0.25, 0.3) is 0 Å². The van der Waals surface area contributed by atoms with Gasteiger partial charge in [-0.05, 0) is 45.7 Å². The smallest absolute Gasteiger partial charge is 0.435 e. The van der Waals surface area contributed by atoms with Gasteiger partial charge >= 0.3 is 16.4 Å². The molecular weight excluding hydrogens is 370 g/mol. The lowest BCUT2D eigenvalue weighted by Gasteiger charge is -2.20. The van der Waals surface area contributed by atoms with Crippen LogP contribution in [0.4, 0.5) is 4.79 Å². The zero-order valence-electron chi connectivity index (χ0n) is 15.8. The molecule has 2 N–H and O–H groups in total. The molecule has 0 spiro atoms. The fourth-order valence-corrected chi connectivity index (χ4v) is 3.80. The number of nitrogens with two attached hydrogens (primary N) is 1. The molecule has 3 rings (SSSR count). The van der Waals surface area contributed by atoms with Crippen LogP contribution >= 0.6 is 0 Å². The Morgan fingerprint density at radius 2 is 1.89 bits per heavy atom. The van der Waals surface area contributed by atoms with Gasteiger partial charge in [-0.25, -0.2) is 4.79 Å². The first kappa shape index (κ1) is 19.6. The van der Waals surface area contributed by atoms with Crippen LogP contribution in [0.5, 0.6) is 5.75 Å². The molecular formula is C18H25N3O5S. The zero-order valence-corrected chi connectivity index (χ0v) is 16.6. The summed E-state index contributed by atoms with van der Waals surface area (Å²) in [7, 11) is -4.17. The molecule has 1 fully saturated rings. The molecule has 9 heteroatoms. The van der Waals surface area contributed by atoms with E-state index in [0.717, 1.165) is 36.8 Å². The summed E-state index contributed by atoms with van der Waals surface area (Å²) in [5.41, 5.74) is 0.582. The Morgan fingerprint density at radius 3 is 2.48 bits per heavy atom. The van der Waals surface area contributed by atoms with E-state index < -0.39 is 22.0 Å². The van der Waals surface area contributed by atoms with Gasteiger partial charge in [0.1, 0.15) is 11.4 Å². The van der Waals surface area contributed by atoms with Crippen LogP contribution in [0, 0.1) is 0 Å². The van der Waals surface area contributed by atoms with Crippen molar-refractivity contribution in [1.29, 1.82) is 0 Å². The number of carbonyl (C=O) groups excluding carboxylic acids is 1. The normalized spacial score (nSPS) is 16.4. The van der Waals surface area contributed by atoms with Crippen molar-refractivity contribution in [3.63, 3.8) is 0 Å². The van der Waals surface area contributed by atoms with Crippen molar-refractivity contribution in [2.75, 3.05) is 0 Å². The molecule has 1 aromatic heterocycles. The Labute approximate surface area is 158 Å². The van der Waals surface area contributed by atoms with Crippen molar-refractivity contribution in [1.82, 2.24) is 9.78 Å². The SMILES string of the molecule is CC(C)(C)OC(=O)n1nc(C2CCCCC2)c2ccc(OS(N)(=O)=O)cc21. The van der Waals surface area contributed by atoms with Crippen LogP contribution < -0.4 is 9.32 Å². The highest BCUT2D eigenvalue weighted by atomic mass is 32.2. The first-order chi connectivity index (χ1) is 12.5. The molecule has 0 amide bonds. The van der Waals surface area contributed by atoms with Gasteiger partial charge in [-0.1, -0.05) is 19.3 Å². The maximum atomic E-state index is 12.7. The van der Waals surface area contributed by atoms with Gasteiger partial charge < -0.3 is 8.92 Å². The van der Waals surface area contributed by atoms with Crippen molar-refractivity contribution in [3.8, 4) is 5.75 Å². The largest absolute Gasteiger partial charge is 0.442 e. The number of aromatic nitrogens is 2. The van der Waals surface area contributed by atoms with E-state index in [2.05, 4.69) is 5.10 Å². The van der Waals surface area contributed by atoms with E-state index >= 15 is 0 Å². The summed E-state index contributed by atoms with van der Waals surface area (Å²) in [6.45, 7) is 5.32. The van der Waals surface area contributed by atoms with Gasteiger partial charge in [0.15, 0.2) is 0 Å². The highest BCUT2D eigenvalue weighted by Gasteiger charge is 2.27. The molecule has 148 valence electrons. The molecule has 0 aliphatic heterocycles. The van der Waals surface area contributed by atoms with Gasteiger partial charge in [-0.15, -0.1) is 0 Å². The predicted molar refractivity (Wildman–Crippen MR) is 101 cm³/mol. The van der Waals surface area contributed by atoms with E-state index in [1.54, 1.807) is 26.8 Å². The highest BCUT2D eigenvalue weighted by Crippen LogP contribution is 2.37. The van der Waals surface area contributed by atoms with E-state index in [0.29, 0.717) is 5.52 Å². The predicted octanol–water partition coefficient (Wildman–Crippen LogP) is 3.45. The lowest BCUT2D eigenvalue weighted by molar-refractivity contribution is 0.0521. The molecule has 27 heavy (non-hydrogen) atoms. The third-order valence-electron chi connectivity index (χ3n) is 4.45. The number of fused-ring (bicyclic) bond motifs is 1. The van der Waals surface area contributed by atoms with E-state index in [1.165, 1.54) is 23.2 Å². The minimum atomic E-state index is -4.17. The second kappa shape index (κ2) is 7.12. The topological polar surface area (TPSA) is 114 Å². The van der Waals surface area contributed by atoms with Crippen LogP contribution in [0.1, 0.15) is 64.5 Å². The Morgan fingerprint density at radius 1 is 1.22 bits per heavy atom. The van der Waals surface area contributed by atoms with E-state index in [1.807, 2.05) is 0 Å². The fourth-order valence-electron chi connectivity index (χ4n) is 3.43. The quantitative estimate of drug-likeness (QED) is 0.851. The Kier molecular flexibility index (Phi) is 5.18. The van der Waals surface area contributed by atoms with Crippen molar-refractivity contribution < 1.29 is 22.1 Å². The minimum Gasteiger partial charge on any atom is -0.442 e. The monoisotopic (exact) mass is 395 g/mol. The summed E-state index contributed by atoms with van der Waals surface area (Å²) in [5, 5.41) is 10.3. The van der Waals surface area contributed by atoms with Crippen LogP contribution in [0.15, 0.2) is 18.2 Å². The average molecular weight is 395 g/mol. The van der Waals surface area contributed by atoms with E-state index in [9.17, 15) is 13.2 Å². The second-order valence-electron chi connectivity index (χ2n) is 7.87. The van der Waals surface area contributed by atoms with Gasteiger partial charge in [0, 0.05) is 17.4 Å². The molecule has 0 unspecified atom stereocenters. The fraction of sp³-hybridized carbons (Fsp3) is 0.556. The number of benzene rings is 1. The summed E-state index contributed by atoms with van der Waals surface area (Å²) >= 11 is 0. The number of hydrogen-bond donors (Lipinski definition) is 1. The molecule has 8 nitrogen and oxygen atoms in total. The first-order valence-electron chi connectivity index (χ1n) is 9.02. The Bertz CT molecular complexity index is 953. The van der Waals surface area contributed by atoms with E-state index in [-0.39, 0.29) is 11.7 Å². The molecule has 2 aromatic rings. The standard InChI is InChI=1S/C18H25N3O5S/c1-18(2,3)25-17(22)21-15-11-13(26-27(19,23)24)9-10-14(15)16(20-21)12-7-5-4-6-8-12/h9-12H,4-8H2,1-3H3,(H2,19,23,24). The first-order valence-corrected chi connectivity index (χ1v) is 10.5. The van der Waals surface area contributed by atoms with Crippen molar-refractivity contribution in [3.05, 3.63) is 23.9 Å². The lowest BCUT2D eigenvalue weighted by Crippen LogP contribution is -2.28. The van der Waals surface area contributed by atoms with Gasteiger partial charge in [0.2, 0.25) is 0 Å². The summed E-state index contributed by atoms with van der Waals surface area (Å²) in [6, 6.07) is 4.68. The third-order valence-corrected chi connectivity index (χ3v) is 4.88. The number of ether oxygens (including phenoxy) is 1. The Hall–Kier alpha value is -2.13. The highest BCUT2D eigenvalue weighted by molar-refractivity contribution is 7.84. The van der Waals surface area contributed by atoms with Gasteiger partial charge in [-0.2, -0.15) is 23.3 Å². The maximum absolute atomic E-state index is 12.7. The lowest BCUT2D eigenvalue weighted by atomic mass is 9.86. The van der Waals surface area contributed by atoms with Gasteiger partial charge in [0.05, 0.1) is 11.2 Å². The number of hydrogen-bond acceptors (Lipinski definition) is 6. The summed E-state index contributed by atoms with van der Waals surface area (Å²) < 4.78 is 33.9. The molecule has 1 heterocycles. The van der Waals surface area contributed by atoms with Crippen LogP contribution in [0.25, 0.3) is 10.9 Å². The van der Waals surface area contributed by atoms with Crippen LogP contribution in [0.2, 0.25) is 0 Å². The molecule has 1 aliphatic rings. The summed E-state index contributed by atoms with van der Waals surface area (Å²) in [4.78, 5) is 12.7. The van der Waals surface area contributed by atoms with Crippen molar-refractivity contribution in [2.24, 2.45) is 5.14 Å². The molecule has 0 bridgehead atoms. The summed E-state index contributed by atoms with van der Waals surface area (Å²) in [6.07, 6.45) is 4.84. The molecule has 1 aliphatic carbocycles. The minimum absolute atomic E-state index is 0.0184. The van der Waals surface area contributed by atoms with E-state index in [4.69, 9.17) is 14.1 Å². The van der Waals surface area contributed by atoms with Crippen molar-refractivity contribution in [2.45, 2.75) is 64.4 Å². The van der Waals surface area contributed by atoms with Crippen molar-refractivity contribution >= 4 is 27.3 Å². The second-order valence-corrected chi connectivity index (χ2v) is 9.02. The van der Waals surface area contributed by atoms with Gasteiger partial charge in [-0.3, -0.25) is 0 Å². The Balaban J connectivity index is 2.09. The zero-order chi connectivity index (χ0) is 19.8. The third kappa shape index (κ3) is 4.78. The molecule has 1 saturated carbocycles. The number of nitrogens with zero attached hydrogens (tertiary/aromatic N) is 2.